The standard InChI is InChI=1S/C21H20ClN3O3S2/c22-16-8-4-14(5-9-16)18-19(15-6-10-17(11-7-15)30(23,27)28)29-20(24-18)21(26)25-12-2-1-3-13-25/h4-11H,1-3,12-13H2,(H2,23,27,28). The highest BCUT2D eigenvalue weighted by Gasteiger charge is 2.24. The topological polar surface area (TPSA) is 93.4 Å². The summed E-state index contributed by atoms with van der Waals surface area (Å²) in [6.07, 6.45) is 3.14. The van der Waals surface area contributed by atoms with E-state index in [1.54, 1.807) is 24.3 Å². The van der Waals surface area contributed by atoms with Gasteiger partial charge in [0.25, 0.3) is 5.91 Å². The van der Waals surface area contributed by atoms with Crippen molar-refractivity contribution >= 4 is 38.9 Å². The summed E-state index contributed by atoms with van der Waals surface area (Å²) in [5.74, 6) is -0.0673. The van der Waals surface area contributed by atoms with Gasteiger partial charge >= 0.3 is 0 Å². The van der Waals surface area contributed by atoms with Crippen molar-refractivity contribution in [2.24, 2.45) is 5.14 Å². The van der Waals surface area contributed by atoms with Crippen LogP contribution in [0.3, 0.4) is 0 Å². The zero-order valence-electron chi connectivity index (χ0n) is 16.0. The molecule has 1 fully saturated rings. The molecule has 1 aliphatic rings. The van der Waals surface area contributed by atoms with Gasteiger partial charge in [-0.25, -0.2) is 18.5 Å². The lowest BCUT2D eigenvalue weighted by Gasteiger charge is -2.25. The van der Waals surface area contributed by atoms with Crippen LogP contribution >= 0.6 is 22.9 Å². The number of halogens is 1. The number of benzene rings is 2. The number of amides is 1. The first-order valence-electron chi connectivity index (χ1n) is 9.52. The summed E-state index contributed by atoms with van der Waals surface area (Å²) in [6.45, 7) is 1.49. The number of hydrogen-bond donors (Lipinski definition) is 1. The third-order valence-electron chi connectivity index (χ3n) is 5.02. The minimum Gasteiger partial charge on any atom is -0.337 e. The minimum atomic E-state index is -3.78. The van der Waals surface area contributed by atoms with Gasteiger partial charge in [0.15, 0.2) is 5.01 Å². The fourth-order valence-corrected chi connectivity index (χ4v) is 5.14. The van der Waals surface area contributed by atoms with Crippen LogP contribution in [-0.4, -0.2) is 37.3 Å². The lowest BCUT2D eigenvalue weighted by atomic mass is 10.1. The number of nitrogens with two attached hydrogens (primary N) is 1. The summed E-state index contributed by atoms with van der Waals surface area (Å²) in [5, 5.41) is 6.24. The van der Waals surface area contributed by atoms with Crippen molar-refractivity contribution in [2.45, 2.75) is 24.2 Å². The van der Waals surface area contributed by atoms with Gasteiger partial charge in [-0.3, -0.25) is 4.79 Å². The van der Waals surface area contributed by atoms with Crippen LogP contribution < -0.4 is 5.14 Å². The minimum absolute atomic E-state index is 0.0356. The number of likely N-dealkylation sites (tertiary alicyclic amines) is 1. The molecule has 0 radical (unpaired) electrons. The first-order valence-corrected chi connectivity index (χ1v) is 12.3. The van der Waals surface area contributed by atoms with Crippen LogP contribution in [0.4, 0.5) is 0 Å². The Bertz CT molecular complexity index is 1170. The van der Waals surface area contributed by atoms with Gasteiger partial charge in [-0.2, -0.15) is 0 Å². The van der Waals surface area contributed by atoms with Crippen molar-refractivity contribution in [1.29, 1.82) is 0 Å². The quantitative estimate of drug-likeness (QED) is 0.622. The summed E-state index contributed by atoms with van der Waals surface area (Å²) in [7, 11) is -3.78. The van der Waals surface area contributed by atoms with E-state index in [4.69, 9.17) is 16.7 Å². The molecule has 0 aliphatic carbocycles. The fourth-order valence-electron chi connectivity index (χ4n) is 3.44. The highest BCUT2D eigenvalue weighted by atomic mass is 35.5. The molecule has 1 saturated heterocycles. The van der Waals surface area contributed by atoms with Crippen LogP contribution in [0.25, 0.3) is 21.7 Å². The van der Waals surface area contributed by atoms with Gasteiger partial charge in [0.05, 0.1) is 15.5 Å². The van der Waals surface area contributed by atoms with Gasteiger partial charge in [0.1, 0.15) is 0 Å². The second-order valence-corrected chi connectivity index (χ2v) is 10.1. The first-order chi connectivity index (χ1) is 14.3. The number of sulfonamides is 1. The maximum atomic E-state index is 13.0. The highest BCUT2D eigenvalue weighted by molar-refractivity contribution is 7.89. The number of primary sulfonamides is 1. The van der Waals surface area contributed by atoms with E-state index in [2.05, 4.69) is 4.98 Å². The Kier molecular flexibility index (Phi) is 5.92. The molecule has 0 unspecified atom stereocenters. The van der Waals surface area contributed by atoms with Gasteiger partial charge < -0.3 is 4.90 Å². The zero-order valence-corrected chi connectivity index (χ0v) is 18.4. The highest BCUT2D eigenvalue weighted by Crippen LogP contribution is 2.38. The van der Waals surface area contributed by atoms with Crippen molar-refractivity contribution in [1.82, 2.24) is 9.88 Å². The molecule has 1 aliphatic heterocycles. The normalized spacial score (nSPS) is 14.7. The van der Waals surface area contributed by atoms with E-state index >= 15 is 0 Å². The smallest absolute Gasteiger partial charge is 0.282 e. The van der Waals surface area contributed by atoms with Crippen LogP contribution in [0.2, 0.25) is 5.02 Å². The zero-order chi connectivity index (χ0) is 21.3. The number of aromatic nitrogens is 1. The second-order valence-electron chi connectivity index (χ2n) is 7.13. The van der Waals surface area contributed by atoms with Crippen molar-refractivity contribution in [3.05, 3.63) is 58.6 Å². The lowest BCUT2D eigenvalue weighted by Crippen LogP contribution is -2.35. The first kappa shape index (κ1) is 21.0. The van der Waals surface area contributed by atoms with Crippen LogP contribution in [0.15, 0.2) is 53.4 Å². The Labute approximate surface area is 184 Å². The molecule has 9 heteroatoms. The molecule has 0 saturated carbocycles. The van der Waals surface area contributed by atoms with Crippen LogP contribution in [0, 0.1) is 0 Å². The third-order valence-corrected chi connectivity index (χ3v) is 7.29. The number of piperidine rings is 1. The molecule has 0 bridgehead atoms. The molecule has 2 aromatic carbocycles. The Balaban J connectivity index is 1.78. The van der Waals surface area contributed by atoms with E-state index in [0.717, 1.165) is 48.4 Å². The predicted octanol–water partition coefficient (Wildman–Crippen LogP) is 4.40. The Morgan fingerprint density at radius 1 is 0.967 bits per heavy atom. The van der Waals surface area contributed by atoms with E-state index in [0.29, 0.717) is 15.7 Å². The van der Waals surface area contributed by atoms with E-state index in [-0.39, 0.29) is 10.8 Å². The van der Waals surface area contributed by atoms with E-state index in [1.165, 1.54) is 23.5 Å². The molecule has 4 rings (SSSR count). The average Bonchev–Trinajstić information content (AvgIpc) is 3.19. The van der Waals surface area contributed by atoms with Gasteiger partial charge in [0, 0.05) is 23.7 Å². The number of thiazole rings is 1. The van der Waals surface area contributed by atoms with Gasteiger partial charge in [-0.05, 0) is 49.1 Å². The number of carbonyl (C=O) groups excluding carboxylic acids is 1. The maximum Gasteiger partial charge on any atom is 0.282 e. The molecule has 0 atom stereocenters. The number of carbonyl (C=O) groups is 1. The number of nitrogens with zero attached hydrogens (tertiary/aromatic N) is 2. The van der Waals surface area contributed by atoms with Crippen molar-refractivity contribution in [3.63, 3.8) is 0 Å². The largest absolute Gasteiger partial charge is 0.337 e. The van der Waals surface area contributed by atoms with E-state index in [1.807, 2.05) is 17.0 Å². The molecular weight excluding hydrogens is 442 g/mol. The second kappa shape index (κ2) is 8.47. The summed E-state index contributed by atoms with van der Waals surface area (Å²) >= 11 is 7.34. The molecule has 0 spiro atoms. The molecule has 2 heterocycles. The van der Waals surface area contributed by atoms with E-state index < -0.39 is 10.0 Å². The van der Waals surface area contributed by atoms with Crippen molar-refractivity contribution < 1.29 is 13.2 Å². The summed E-state index contributed by atoms with van der Waals surface area (Å²) in [6, 6.07) is 13.5. The summed E-state index contributed by atoms with van der Waals surface area (Å²) in [5.41, 5.74) is 2.27. The summed E-state index contributed by atoms with van der Waals surface area (Å²) < 4.78 is 23.1. The molecule has 30 heavy (non-hydrogen) atoms. The molecule has 156 valence electrons. The van der Waals surface area contributed by atoms with Crippen molar-refractivity contribution in [3.8, 4) is 21.7 Å². The van der Waals surface area contributed by atoms with Gasteiger partial charge in [-0.1, -0.05) is 35.9 Å². The molecule has 1 aromatic heterocycles. The van der Waals surface area contributed by atoms with Crippen molar-refractivity contribution in [2.75, 3.05) is 13.1 Å². The van der Waals surface area contributed by atoms with Crippen LogP contribution in [0.5, 0.6) is 0 Å². The lowest BCUT2D eigenvalue weighted by molar-refractivity contribution is 0.0724. The Morgan fingerprint density at radius 3 is 2.17 bits per heavy atom. The monoisotopic (exact) mass is 461 g/mol. The Hall–Kier alpha value is -2.26. The summed E-state index contributed by atoms with van der Waals surface area (Å²) in [4.78, 5) is 20.4. The molecular formula is C21H20ClN3O3S2. The van der Waals surface area contributed by atoms with Crippen LogP contribution in [-0.2, 0) is 10.0 Å². The predicted molar refractivity (Wildman–Crippen MR) is 119 cm³/mol. The molecule has 6 nitrogen and oxygen atoms in total. The fraction of sp³-hybridized carbons (Fsp3) is 0.238. The number of rotatable bonds is 4. The SMILES string of the molecule is NS(=O)(=O)c1ccc(-c2sc(C(=O)N3CCCCC3)nc2-c2ccc(Cl)cc2)cc1. The van der Waals surface area contributed by atoms with E-state index in [9.17, 15) is 13.2 Å². The average molecular weight is 462 g/mol. The van der Waals surface area contributed by atoms with Crippen LogP contribution in [0.1, 0.15) is 29.1 Å². The third kappa shape index (κ3) is 4.41. The Morgan fingerprint density at radius 2 is 1.57 bits per heavy atom. The maximum absolute atomic E-state index is 13.0. The molecule has 1 amide bonds. The number of hydrogen-bond acceptors (Lipinski definition) is 5. The van der Waals surface area contributed by atoms with Gasteiger partial charge in [-0.15, -0.1) is 11.3 Å². The molecule has 2 N–H and O–H groups in total. The van der Waals surface area contributed by atoms with Gasteiger partial charge in [0.2, 0.25) is 10.0 Å². The molecule has 3 aromatic rings.